The van der Waals surface area contributed by atoms with E-state index in [9.17, 15) is 4.79 Å². The number of nitrogens with zero attached hydrogens (tertiary/aromatic N) is 1. The molecular weight excluding hydrogens is 232 g/mol. The van der Waals surface area contributed by atoms with Crippen LogP contribution in [0.5, 0.6) is 0 Å². The van der Waals surface area contributed by atoms with Crippen LogP contribution in [-0.2, 0) is 4.79 Å². The van der Waals surface area contributed by atoms with Crippen molar-refractivity contribution in [1.29, 1.82) is 0 Å². The van der Waals surface area contributed by atoms with E-state index in [1.807, 2.05) is 11.8 Å². The van der Waals surface area contributed by atoms with Gasteiger partial charge >= 0.3 is 0 Å². The molecule has 17 heavy (non-hydrogen) atoms. The van der Waals surface area contributed by atoms with E-state index in [0.717, 1.165) is 24.7 Å². The van der Waals surface area contributed by atoms with Gasteiger partial charge in [0.2, 0.25) is 5.91 Å². The van der Waals surface area contributed by atoms with E-state index < -0.39 is 0 Å². The van der Waals surface area contributed by atoms with E-state index in [2.05, 4.69) is 10.2 Å². The van der Waals surface area contributed by atoms with Crippen molar-refractivity contribution in [2.45, 2.75) is 44.6 Å². The summed E-state index contributed by atoms with van der Waals surface area (Å²) in [5, 5.41) is 3.29. The summed E-state index contributed by atoms with van der Waals surface area (Å²) in [5.74, 6) is 2.25. The topological polar surface area (TPSA) is 32.3 Å². The summed E-state index contributed by atoms with van der Waals surface area (Å²) in [6.45, 7) is 2.00. The first-order valence-corrected chi connectivity index (χ1v) is 8.05. The SMILES string of the molecule is O=C(C1CSCN1)N1CCC2(CCCC2)CC1. The van der Waals surface area contributed by atoms with Crippen molar-refractivity contribution in [2.75, 3.05) is 24.7 Å². The summed E-state index contributed by atoms with van der Waals surface area (Å²) in [6, 6.07) is 0.0950. The Morgan fingerprint density at radius 2 is 1.88 bits per heavy atom. The van der Waals surface area contributed by atoms with Crippen LogP contribution in [0.1, 0.15) is 38.5 Å². The van der Waals surface area contributed by atoms with E-state index in [1.165, 1.54) is 38.5 Å². The zero-order valence-corrected chi connectivity index (χ0v) is 11.2. The molecule has 0 radical (unpaired) electrons. The summed E-state index contributed by atoms with van der Waals surface area (Å²) in [4.78, 5) is 14.4. The Morgan fingerprint density at radius 3 is 2.47 bits per heavy atom. The third-order valence-electron chi connectivity index (χ3n) is 4.81. The summed E-state index contributed by atoms with van der Waals surface area (Å²) in [5.41, 5.74) is 0.620. The van der Waals surface area contributed by atoms with Gasteiger partial charge in [0.25, 0.3) is 0 Å². The van der Waals surface area contributed by atoms with Crippen LogP contribution < -0.4 is 5.32 Å². The van der Waals surface area contributed by atoms with Crippen LogP contribution in [0.4, 0.5) is 0 Å². The Kier molecular flexibility index (Phi) is 3.35. The first-order valence-electron chi connectivity index (χ1n) is 6.89. The minimum absolute atomic E-state index is 0.0950. The van der Waals surface area contributed by atoms with Gasteiger partial charge in [-0.2, -0.15) is 0 Å². The molecule has 1 N–H and O–H groups in total. The molecule has 3 nitrogen and oxygen atoms in total. The summed E-state index contributed by atoms with van der Waals surface area (Å²) in [6.07, 6.45) is 8.14. The van der Waals surface area contributed by atoms with Gasteiger partial charge in [-0.15, -0.1) is 11.8 Å². The minimum Gasteiger partial charge on any atom is -0.341 e. The second-order valence-corrected chi connectivity index (χ2v) is 6.83. The quantitative estimate of drug-likeness (QED) is 0.775. The highest BCUT2D eigenvalue weighted by molar-refractivity contribution is 7.99. The molecule has 4 heteroatoms. The van der Waals surface area contributed by atoms with Crippen LogP contribution in [0.15, 0.2) is 0 Å². The third-order valence-corrected chi connectivity index (χ3v) is 5.75. The monoisotopic (exact) mass is 254 g/mol. The van der Waals surface area contributed by atoms with E-state index in [-0.39, 0.29) is 6.04 Å². The number of carbonyl (C=O) groups is 1. The molecule has 0 aromatic rings. The van der Waals surface area contributed by atoms with E-state index >= 15 is 0 Å². The third kappa shape index (κ3) is 2.34. The standard InChI is InChI=1S/C13H22N2OS/c16-12(11-9-17-10-14-11)15-7-5-13(6-8-15)3-1-2-4-13/h11,14H,1-10H2. The lowest BCUT2D eigenvalue weighted by Crippen LogP contribution is -2.49. The van der Waals surface area contributed by atoms with Crippen molar-refractivity contribution < 1.29 is 4.79 Å². The number of hydrogen-bond acceptors (Lipinski definition) is 3. The summed E-state index contributed by atoms with van der Waals surface area (Å²) < 4.78 is 0. The van der Waals surface area contributed by atoms with Crippen LogP contribution in [-0.4, -0.2) is 41.6 Å². The Balaban J connectivity index is 1.55. The smallest absolute Gasteiger partial charge is 0.240 e. The molecule has 0 bridgehead atoms. The maximum atomic E-state index is 12.3. The molecule has 3 fully saturated rings. The average Bonchev–Trinajstić information content (AvgIpc) is 3.01. The predicted molar refractivity (Wildman–Crippen MR) is 71.0 cm³/mol. The van der Waals surface area contributed by atoms with Gasteiger partial charge in [-0.05, 0) is 31.1 Å². The second-order valence-electron chi connectivity index (χ2n) is 5.80. The van der Waals surface area contributed by atoms with Gasteiger partial charge in [0.1, 0.15) is 0 Å². The molecule has 96 valence electrons. The molecule has 2 saturated heterocycles. The molecule has 0 aromatic carbocycles. The van der Waals surface area contributed by atoms with Crippen LogP contribution >= 0.6 is 11.8 Å². The van der Waals surface area contributed by atoms with Crippen molar-refractivity contribution >= 4 is 17.7 Å². The number of thioether (sulfide) groups is 1. The molecule has 3 aliphatic rings. The zero-order chi connectivity index (χ0) is 11.7. The second kappa shape index (κ2) is 4.81. The number of likely N-dealkylation sites (tertiary alicyclic amines) is 1. The molecule has 1 saturated carbocycles. The van der Waals surface area contributed by atoms with Gasteiger partial charge in [-0.1, -0.05) is 12.8 Å². The van der Waals surface area contributed by atoms with Crippen molar-refractivity contribution in [1.82, 2.24) is 10.2 Å². The predicted octanol–water partition coefficient (Wildman–Crippen LogP) is 1.83. The van der Waals surface area contributed by atoms with Crippen molar-refractivity contribution in [3.63, 3.8) is 0 Å². The average molecular weight is 254 g/mol. The maximum absolute atomic E-state index is 12.3. The first-order chi connectivity index (χ1) is 8.29. The number of hydrogen-bond donors (Lipinski definition) is 1. The maximum Gasteiger partial charge on any atom is 0.240 e. The van der Waals surface area contributed by atoms with E-state index in [0.29, 0.717) is 11.3 Å². The Morgan fingerprint density at radius 1 is 1.18 bits per heavy atom. The molecule has 1 aliphatic carbocycles. The van der Waals surface area contributed by atoms with Crippen LogP contribution in [0.2, 0.25) is 0 Å². The molecule has 2 heterocycles. The molecule has 2 aliphatic heterocycles. The lowest BCUT2D eigenvalue weighted by atomic mass is 9.77. The van der Waals surface area contributed by atoms with E-state index in [4.69, 9.17) is 0 Å². The largest absolute Gasteiger partial charge is 0.341 e. The Bertz CT molecular complexity index is 286. The highest BCUT2D eigenvalue weighted by Crippen LogP contribution is 2.46. The van der Waals surface area contributed by atoms with Gasteiger partial charge in [-0.3, -0.25) is 10.1 Å². The Hall–Kier alpha value is -0.220. The molecule has 1 spiro atoms. The molecule has 3 rings (SSSR count). The van der Waals surface area contributed by atoms with Gasteiger partial charge in [-0.25, -0.2) is 0 Å². The lowest BCUT2D eigenvalue weighted by Gasteiger charge is -2.40. The molecule has 1 atom stereocenters. The molecule has 1 unspecified atom stereocenters. The highest BCUT2D eigenvalue weighted by atomic mass is 32.2. The van der Waals surface area contributed by atoms with Crippen molar-refractivity contribution in [2.24, 2.45) is 5.41 Å². The van der Waals surface area contributed by atoms with Gasteiger partial charge in [0.15, 0.2) is 0 Å². The van der Waals surface area contributed by atoms with Crippen LogP contribution in [0, 0.1) is 5.41 Å². The molecule has 0 aromatic heterocycles. The number of carbonyl (C=O) groups excluding carboxylic acids is 1. The summed E-state index contributed by atoms with van der Waals surface area (Å²) in [7, 11) is 0. The first kappa shape index (κ1) is 11.8. The molecular formula is C13H22N2OS. The molecule has 1 amide bonds. The fraction of sp³-hybridized carbons (Fsp3) is 0.923. The number of rotatable bonds is 1. The summed E-state index contributed by atoms with van der Waals surface area (Å²) >= 11 is 1.83. The lowest BCUT2D eigenvalue weighted by molar-refractivity contribution is -0.135. The number of amides is 1. The highest BCUT2D eigenvalue weighted by Gasteiger charge is 2.39. The van der Waals surface area contributed by atoms with Gasteiger partial charge in [0.05, 0.1) is 6.04 Å². The van der Waals surface area contributed by atoms with Gasteiger partial charge < -0.3 is 4.90 Å². The fourth-order valence-corrected chi connectivity index (χ4v) is 4.53. The minimum atomic E-state index is 0.0950. The fourth-order valence-electron chi connectivity index (χ4n) is 3.60. The number of nitrogens with one attached hydrogen (secondary N) is 1. The van der Waals surface area contributed by atoms with Crippen molar-refractivity contribution in [3.8, 4) is 0 Å². The zero-order valence-electron chi connectivity index (χ0n) is 10.4. The van der Waals surface area contributed by atoms with E-state index in [1.54, 1.807) is 0 Å². The van der Waals surface area contributed by atoms with Crippen molar-refractivity contribution in [3.05, 3.63) is 0 Å². The van der Waals surface area contributed by atoms with Gasteiger partial charge in [0, 0.05) is 24.7 Å². The van der Waals surface area contributed by atoms with Crippen LogP contribution in [0.25, 0.3) is 0 Å². The Labute approximate surface area is 108 Å². The van der Waals surface area contributed by atoms with Crippen LogP contribution in [0.3, 0.4) is 0 Å². The normalized spacial score (nSPS) is 32.2. The number of piperidine rings is 1.